The van der Waals surface area contributed by atoms with Crippen LogP contribution >= 0.6 is 0 Å². The van der Waals surface area contributed by atoms with Crippen molar-refractivity contribution in [3.8, 4) is 17.2 Å². The summed E-state index contributed by atoms with van der Waals surface area (Å²) in [5.41, 5.74) is 3.04. The number of ether oxygens (including phenoxy) is 2. The van der Waals surface area contributed by atoms with E-state index < -0.39 is 0 Å². The standard InChI is InChI=1S/C21H29N3O3/c1-5-22-21(24-14-17-13-18(26-3)8-9-19(17)25)23-11-10-16-7-6-15(2)20(12-16)27-4/h6-9,12-13,25H,5,10-11,14H2,1-4H3,(H2,22,23,24). The van der Waals surface area contributed by atoms with Gasteiger partial charge in [0.1, 0.15) is 17.2 Å². The van der Waals surface area contributed by atoms with Gasteiger partial charge in [-0.2, -0.15) is 0 Å². The summed E-state index contributed by atoms with van der Waals surface area (Å²) >= 11 is 0. The molecule has 2 aromatic rings. The van der Waals surface area contributed by atoms with Crippen molar-refractivity contribution in [1.82, 2.24) is 10.6 Å². The third-order valence-electron chi connectivity index (χ3n) is 4.22. The molecular weight excluding hydrogens is 342 g/mol. The maximum absolute atomic E-state index is 9.99. The Bertz CT molecular complexity index is 775. The Morgan fingerprint density at radius 1 is 1.07 bits per heavy atom. The fourth-order valence-corrected chi connectivity index (χ4v) is 2.67. The average Bonchev–Trinajstić information content (AvgIpc) is 2.68. The number of hydrogen-bond donors (Lipinski definition) is 3. The molecule has 0 heterocycles. The van der Waals surface area contributed by atoms with Gasteiger partial charge in [-0.15, -0.1) is 0 Å². The molecule has 146 valence electrons. The zero-order valence-electron chi connectivity index (χ0n) is 16.5. The molecule has 0 aliphatic rings. The monoisotopic (exact) mass is 371 g/mol. The SMILES string of the molecule is CCNC(=NCc1cc(OC)ccc1O)NCCc1ccc(C)c(OC)c1. The molecule has 0 saturated heterocycles. The van der Waals surface area contributed by atoms with Gasteiger partial charge in [0.05, 0.1) is 20.8 Å². The van der Waals surface area contributed by atoms with Crippen molar-refractivity contribution in [3.05, 3.63) is 53.1 Å². The Morgan fingerprint density at radius 2 is 1.89 bits per heavy atom. The van der Waals surface area contributed by atoms with Crippen molar-refractivity contribution < 1.29 is 14.6 Å². The van der Waals surface area contributed by atoms with Crippen molar-refractivity contribution in [2.24, 2.45) is 4.99 Å². The molecule has 0 saturated carbocycles. The Hall–Kier alpha value is -2.89. The first-order chi connectivity index (χ1) is 13.1. The maximum atomic E-state index is 9.99. The molecule has 2 aromatic carbocycles. The van der Waals surface area contributed by atoms with Gasteiger partial charge >= 0.3 is 0 Å². The Labute approximate surface area is 161 Å². The number of rotatable bonds is 8. The minimum Gasteiger partial charge on any atom is -0.508 e. The molecule has 0 fully saturated rings. The van der Waals surface area contributed by atoms with Crippen LogP contribution in [0.5, 0.6) is 17.2 Å². The lowest BCUT2D eigenvalue weighted by Gasteiger charge is -2.13. The number of guanidine groups is 1. The first-order valence-electron chi connectivity index (χ1n) is 9.09. The van der Waals surface area contributed by atoms with Gasteiger partial charge in [0, 0.05) is 18.7 Å². The number of phenolic OH excluding ortho intramolecular Hbond substituents is 1. The highest BCUT2D eigenvalue weighted by Gasteiger charge is 2.05. The van der Waals surface area contributed by atoms with Gasteiger partial charge < -0.3 is 25.2 Å². The average molecular weight is 371 g/mol. The summed E-state index contributed by atoms with van der Waals surface area (Å²) in [6.45, 7) is 5.91. The molecule has 0 atom stereocenters. The molecular formula is C21H29N3O3. The Balaban J connectivity index is 1.97. The number of hydrogen-bond acceptors (Lipinski definition) is 4. The number of phenols is 1. The van der Waals surface area contributed by atoms with Crippen LogP contribution in [0.2, 0.25) is 0 Å². The summed E-state index contributed by atoms with van der Waals surface area (Å²) < 4.78 is 10.6. The Morgan fingerprint density at radius 3 is 2.59 bits per heavy atom. The fourth-order valence-electron chi connectivity index (χ4n) is 2.67. The van der Waals surface area contributed by atoms with Gasteiger partial charge in [0.25, 0.3) is 0 Å². The third kappa shape index (κ3) is 6.09. The van der Waals surface area contributed by atoms with E-state index in [0.29, 0.717) is 18.3 Å². The number of nitrogens with one attached hydrogen (secondary N) is 2. The van der Waals surface area contributed by atoms with E-state index in [1.54, 1.807) is 32.4 Å². The third-order valence-corrected chi connectivity index (χ3v) is 4.22. The van der Waals surface area contributed by atoms with Crippen LogP contribution in [0.15, 0.2) is 41.4 Å². The summed E-state index contributed by atoms with van der Waals surface area (Å²) in [5.74, 6) is 2.52. The van der Waals surface area contributed by atoms with Crippen LogP contribution in [0.25, 0.3) is 0 Å². The van der Waals surface area contributed by atoms with Crippen LogP contribution in [0.1, 0.15) is 23.6 Å². The molecule has 0 aromatic heterocycles. The van der Waals surface area contributed by atoms with Crippen molar-refractivity contribution in [3.63, 3.8) is 0 Å². The van der Waals surface area contributed by atoms with Crippen LogP contribution in [-0.4, -0.2) is 38.4 Å². The van der Waals surface area contributed by atoms with Gasteiger partial charge in [0.15, 0.2) is 5.96 Å². The van der Waals surface area contributed by atoms with Gasteiger partial charge in [-0.25, -0.2) is 4.99 Å². The van der Waals surface area contributed by atoms with Crippen LogP contribution in [0, 0.1) is 6.92 Å². The highest BCUT2D eigenvalue weighted by Crippen LogP contribution is 2.23. The largest absolute Gasteiger partial charge is 0.508 e. The molecule has 2 rings (SSSR count). The highest BCUT2D eigenvalue weighted by atomic mass is 16.5. The van der Waals surface area contributed by atoms with Crippen LogP contribution in [0.3, 0.4) is 0 Å². The minimum absolute atomic E-state index is 0.210. The first-order valence-corrected chi connectivity index (χ1v) is 9.09. The van der Waals surface area contributed by atoms with E-state index in [9.17, 15) is 5.11 Å². The topological polar surface area (TPSA) is 75.1 Å². The van der Waals surface area contributed by atoms with E-state index in [-0.39, 0.29) is 5.75 Å². The van der Waals surface area contributed by atoms with E-state index in [1.165, 1.54) is 5.56 Å². The van der Waals surface area contributed by atoms with E-state index >= 15 is 0 Å². The smallest absolute Gasteiger partial charge is 0.191 e. The van der Waals surface area contributed by atoms with E-state index in [0.717, 1.165) is 36.4 Å². The molecule has 0 aliphatic carbocycles. The summed E-state index contributed by atoms with van der Waals surface area (Å²) in [6, 6.07) is 11.4. The molecule has 0 amide bonds. The number of nitrogens with zero attached hydrogens (tertiary/aromatic N) is 1. The highest BCUT2D eigenvalue weighted by molar-refractivity contribution is 5.79. The number of benzene rings is 2. The lowest BCUT2D eigenvalue weighted by molar-refractivity contribution is 0.411. The Kier molecular flexibility index (Phi) is 7.79. The normalized spacial score (nSPS) is 11.2. The summed E-state index contributed by atoms with van der Waals surface area (Å²) in [7, 11) is 3.29. The summed E-state index contributed by atoms with van der Waals surface area (Å²) in [5, 5.41) is 16.5. The summed E-state index contributed by atoms with van der Waals surface area (Å²) in [6.07, 6.45) is 0.853. The number of aryl methyl sites for hydroxylation is 1. The molecule has 6 nitrogen and oxygen atoms in total. The van der Waals surface area contributed by atoms with E-state index in [1.807, 2.05) is 13.8 Å². The van der Waals surface area contributed by atoms with Crippen molar-refractivity contribution in [2.45, 2.75) is 26.8 Å². The van der Waals surface area contributed by atoms with E-state index in [4.69, 9.17) is 9.47 Å². The first kappa shape index (κ1) is 20.4. The fraction of sp³-hybridized carbons (Fsp3) is 0.381. The van der Waals surface area contributed by atoms with Crippen LogP contribution in [-0.2, 0) is 13.0 Å². The molecule has 0 bridgehead atoms. The number of aromatic hydroxyl groups is 1. The zero-order chi connectivity index (χ0) is 19.6. The minimum atomic E-state index is 0.210. The van der Waals surface area contributed by atoms with Gasteiger partial charge in [-0.3, -0.25) is 0 Å². The van der Waals surface area contributed by atoms with Crippen LogP contribution < -0.4 is 20.1 Å². The number of methoxy groups -OCH3 is 2. The van der Waals surface area contributed by atoms with Crippen molar-refractivity contribution in [1.29, 1.82) is 0 Å². The predicted molar refractivity (Wildman–Crippen MR) is 109 cm³/mol. The molecule has 3 N–H and O–H groups in total. The molecule has 0 unspecified atom stereocenters. The molecule has 6 heteroatoms. The quantitative estimate of drug-likeness (QED) is 0.491. The number of aliphatic imine (C=N–C) groups is 1. The van der Waals surface area contributed by atoms with E-state index in [2.05, 4.69) is 33.8 Å². The van der Waals surface area contributed by atoms with Gasteiger partial charge in [-0.1, -0.05) is 12.1 Å². The van der Waals surface area contributed by atoms with Crippen LogP contribution in [0.4, 0.5) is 0 Å². The van der Waals surface area contributed by atoms with Crippen molar-refractivity contribution in [2.75, 3.05) is 27.3 Å². The predicted octanol–water partition coefficient (Wildman–Crippen LogP) is 3.02. The molecule has 27 heavy (non-hydrogen) atoms. The maximum Gasteiger partial charge on any atom is 0.191 e. The second-order valence-electron chi connectivity index (χ2n) is 6.17. The van der Waals surface area contributed by atoms with Gasteiger partial charge in [0.2, 0.25) is 0 Å². The zero-order valence-corrected chi connectivity index (χ0v) is 16.5. The molecule has 0 radical (unpaired) electrons. The lowest BCUT2D eigenvalue weighted by Crippen LogP contribution is -2.38. The van der Waals surface area contributed by atoms with Crippen molar-refractivity contribution >= 4 is 5.96 Å². The van der Waals surface area contributed by atoms with Gasteiger partial charge in [-0.05, 0) is 55.7 Å². The second kappa shape index (κ2) is 10.3. The lowest BCUT2D eigenvalue weighted by atomic mass is 10.1. The molecule has 0 spiro atoms. The summed E-state index contributed by atoms with van der Waals surface area (Å²) in [4.78, 5) is 4.55. The second-order valence-corrected chi connectivity index (χ2v) is 6.17. The molecule has 0 aliphatic heterocycles.